The summed E-state index contributed by atoms with van der Waals surface area (Å²) in [7, 11) is 0. The Kier molecular flexibility index (Phi) is 2.65. The number of carbonyl (C=O) groups excluding carboxylic acids is 1. The van der Waals surface area contributed by atoms with E-state index in [9.17, 15) is 4.79 Å². The lowest BCUT2D eigenvalue weighted by Crippen LogP contribution is -2.35. The summed E-state index contributed by atoms with van der Waals surface area (Å²) in [4.78, 5) is 12.6. The van der Waals surface area contributed by atoms with Crippen LogP contribution in [-0.2, 0) is 4.79 Å². The van der Waals surface area contributed by atoms with E-state index < -0.39 is 0 Å². The molecule has 0 saturated heterocycles. The minimum Gasteiger partial charge on any atom is -0.393 e. The van der Waals surface area contributed by atoms with Gasteiger partial charge in [0, 0.05) is 18.4 Å². The van der Waals surface area contributed by atoms with Crippen molar-refractivity contribution < 1.29 is 4.79 Å². The highest BCUT2D eigenvalue weighted by Crippen LogP contribution is 2.69. The van der Waals surface area contributed by atoms with E-state index in [1.165, 1.54) is 19.3 Å². The topological polar surface area (TPSA) is 55.1 Å². The van der Waals surface area contributed by atoms with Crippen LogP contribution >= 0.6 is 12.2 Å². The van der Waals surface area contributed by atoms with Gasteiger partial charge in [-0.15, -0.1) is 0 Å². The van der Waals surface area contributed by atoms with E-state index in [2.05, 4.69) is 5.32 Å². The summed E-state index contributed by atoms with van der Waals surface area (Å²) in [6, 6.07) is 0. The molecule has 3 aliphatic rings. The van der Waals surface area contributed by atoms with Gasteiger partial charge in [0.2, 0.25) is 5.91 Å². The van der Waals surface area contributed by atoms with Crippen LogP contribution in [0.15, 0.2) is 0 Å². The molecule has 3 fully saturated rings. The lowest BCUT2D eigenvalue weighted by atomic mass is 10.0. The highest BCUT2D eigenvalue weighted by atomic mass is 32.1. The second-order valence-corrected chi connectivity index (χ2v) is 6.53. The molecule has 3 N–H and O–H groups in total. The van der Waals surface area contributed by atoms with Gasteiger partial charge in [0.1, 0.15) is 0 Å². The molecule has 5 atom stereocenters. The summed E-state index contributed by atoms with van der Waals surface area (Å²) in [5.74, 6) is 3.81. The Bertz CT molecular complexity index is 354. The average Bonchev–Trinajstić information content (AvgIpc) is 2.74. The van der Waals surface area contributed by atoms with Crippen LogP contribution in [0.3, 0.4) is 0 Å². The van der Waals surface area contributed by atoms with Gasteiger partial charge in [0.15, 0.2) is 0 Å². The normalized spacial score (nSPS) is 43.0. The standard InChI is InChI=1S/C13H20N2OS/c1-6(12(14)17)5-15-13(16)11-9-7-2-3-8(4-7)10(9)11/h6-11H,2-5H2,1H3,(H2,14,17)(H,15,16). The third-order valence-electron chi connectivity index (χ3n) is 5.11. The van der Waals surface area contributed by atoms with E-state index in [4.69, 9.17) is 18.0 Å². The van der Waals surface area contributed by atoms with E-state index in [-0.39, 0.29) is 11.8 Å². The smallest absolute Gasteiger partial charge is 0.223 e. The molecule has 3 saturated carbocycles. The zero-order chi connectivity index (χ0) is 12.2. The van der Waals surface area contributed by atoms with Gasteiger partial charge < -0.3 is 11.1 Å². The number of carbonyl (C=O) groups is 1. The summed E-state index contributed by atoms with van der Waals surface area (Å²) in [5, 5.41) is 3.02. The van der Waals surface area contributed by atoms with Crippen LogP contribution in [0.4, 0.5) is 0 Å². The van der Waals surface area contributed by atoms with Crippen LogP contribution in [0.5, 0.6) is 0 Å². The molecule has 1 amide bonds. The minimum absolute atomic E-state index is 0.101. The predicted octanol–water partition coefficient (Wildman–Crippen LogP) is 1.32. The van der Waals surface area contributed by atoms with Crippen molar-refractivity contribution in [3.63, 3.8) is 0 Å². The van der Waals surface area contributed by atoms with Gasteiger partial charge in [-0.3, -0.25) is 4.79 Å². The average molecular weight is 252 g/mol. The Labute approximate surface area is 108 Å². The Morgan fingerprint density at radius 3 is 2.53 bits per heavy atom. The van der Waals surface area contributed by atoms with Crippen LogP contribution in [0.25, 0.3) is 0 Å². The molecule has 4 heteroatoms. The minimum atomic E-state index is 0.101. The number of hydrogen-bond donors (Lipinski definition) is 2. The molecule has 0 aromatic carbocycles. The fraction of sp³-hybridized carbons (Fsp3) is 0.846. The molecule has 17 heavy (non-hydrogen) atoms. The van der Waals surface area contributed by atoms with Crippen molar-refractivity contribution in [2.24, 2.45) is 41.2 Å². The maximum atomic E-state index is 12.1. The SMILES string of the molecule is CC(CNC(=O)C1C2C3CCC(C3)C12)C(N)=S. The predicted molar refractivity (Wildman–Crippen MR) is 70.3 cm³/mol. The zero-order valence-electron chi connectivity index (χ0n) is 10.2. The number of fused-ring (bicyclic) bond motifs is 5. The molecular formula is C13H20N2OS. The van der Waals surface area contributed by atoms with E-state index in [1.807, 2.05) is 6.92 Å². The second-order valence-electron chi connectivity index (χ2n) is 6.06. The summed E-state index contributed by atoms with van der Waals surface area (Å²) in [6.07, 6.45) is 4.11. The van der Waals surface area contributed by atoms with Crippen molar-refractivity contribution in [2.45, 2.75) is 26.2 Å². The van der Waals surface area contributed by atoms with E-state index in [0.717, 1.165) is 11.8 Å². The van der Waals surface area contributed by atoms with Gasteiger partial charge in [-0.2, -0.15) is 0 Å². The highest BCUT2D eigenvalue weighted by molar-refractivity contribution is 7.80. The van der Waals surface area contributed by atoms with E-state index >= 15 is 0 Å². The molecule has 94 valence electrons. The number of hydrogen-bond acceptors (Lipinski definition) is 2. The maximum absolute atomic E-state index is 12.1. The number of amides is 1. The van der Waals surface area contributed by atoms with Crippen molar-refractivity contribution in [2.75, 3.05) is 6.54 Å². The van der Waals surface area contributed by atoms with Crippen LogP contribution < -0.4 is 11.1 Å². The van der Waals surface area contributed by atoms with Crippen LogP contribution in [0.2, 0.25) is 0 Å². The molecule has 0 aliphatic heterocycles. The van der Waals surface area contributed by atoms with Crippen molar-refractivity contribution in [1.82, 2.24) is 5.32 Å². The third kappa shape index (κ3) is 1.77. The quantitative estimate of drug-likeness (QED) is 0.742. The molecular weight excluding hydrogens is 232 g/mol. The molecule has 3 rings (SSSR count). The van der Waals surface area contributed by atoms with E-state index in [0.29, 0.717) is 29.3 Å². The molecule has 0 heterocycles. The second kappa shape index (κ2) is 3.94. The van der Waals surface area contributed by atoms with Crippen LogP contribution in [0.1, 0.15) is 26.2 Å². The first-order valence-electron chi connectivity index (χ1n) is 6.66. The molecule has 0 radical (unpaired) electrons. The van der Waals surface area contributed by atoms with Crippen molar-refractivity contribution in [3.8, 4) is 0 Å². The number of rotatable bonds is 4. The fourth-order valence-corrected chi connectivity index (χ4v) is 4.23. The first-order valence-corrected chi connectivity index (χ1v) is 7.07. The number of nitrogens with two attached hydrogens (primary N) is 1. The largest absolute Gasteiger partial charge is 0.393 e. The van der Waals surface area contributed by atoms with Crippen molar-refractivity contribution in [3.05, 3.63) is 0 Å². The van der Waals surface area contributed by atoms with Crippen molar-refractivity contribution in [1.29, 1.82) is 0 Å². The molecule has 0 aromatic rings. The Morgan fingerprint density at radius 1 is 1.41 bits per heavy atom. The number of thiocarbonyl (C=S) groups is 1. The summed E-state index contributed by atoms with van der Waals surface area (Å²) < 4.78 is 0. The molecule has 5 unspecified atom stereocenters. The van der Waals surface area contributed by atoms with Crippen LogP contribution in [0, 0.1) is 35.5 Å². The summed E-state index contributed by atoms with van der Waals surface area (Å²) in [5.41, 5.74) is 5.54. The maximum Gasteiger partial charge on any atom is 0.223 e. The van der Waals surface area contributed by atoms with Gasteiger partial charge >= 0.3 is 0 Å². The van der Waals surface area contributed by atoms with Gasteiger partial charge in [-0.1, -0.05) is 19.1 Å². The zero-order valence-corrected chi connectivity index (χ0v) is 11.0. The van der Waals surface area contributed by atoms with E-state index in [1.54, 1.807) is 0 Å². The summed E-state index contributed by atoms with van der Waals surface area (Å²) in [6.45, 7) is 2.56. The lowest BCUT2D eigenvalue weighted by molar-refractivity contribution is -0.123. The molecule has 0 aromatic heterocycles. The number of nitrogens with one attached hydrogen (secondary N) is 1. The fourth-order valence-electron chi connectivity index (χ4n) is 4.15. The first kappa shape index (κ1) is 11.5. The molecule has 3 aliphatic carbocycles. The van der Waals surface area contributed by atoms with Crippen molar-refractivity contribution >= 4 is 23.1 Å². The Balaban J connectivity index is 1.51. The summed E-state index contributed by atoms with van der Waals surface area (Å²) >= 11 is 4.91. The Hall–Kier alpha value is -0.640. The van der Waals surface area contributed by atoms with Crippen LogP contribution in [-0.4, -0.2) is 17.4 Å². The lowest BCUT2D eigenvalue weighted by Gasteiger charge is -2.13. The van der Waals surface area contributed by atoms with Gasteiger partial charge in [0.25, 0.3) is 0 Å². The van der Waals surface area contributed by atoms with Gasteiger partial charge in [-0.05, 0) is 42.9 Å². The molecule has 3 nitrogen and oxygen atoms in total. The molecule has 2 bridgehead atoms. The Morgan fingerprint density at radius 2 is 2.00 bits per heavy atom. The first-order chi connectivity index (χ1) is 8.09. The third-order valence-corrected chi connectivity index (χ3v) is 5.51. The highest BCUT2D eigenvalue weighted by Gasteiger charge is 2.67. The van der Waals surface area contributed by atoms with Gasteiger partial charge in [-0.25, -0.2) is 0 Å². The van der Waals surface area contributed by atoms with Gasteiger partial charge in [0.05, 0.1) is 4.99 Å². The molecule has 0 spiro atoms. The monoisotopic (exact) mass is 252 g/mol.